The first-order valence-electron chi connectivity index (χ1n) is 7.07. The van der Waals surface area contributed by atoms with Crippen molar-refractivity contribution in [1.29, 1.82) is 0 Å². The fourth-order valence-electron chi connectivity index (χ4n) is 2.03. The summed E-state index contributed by atoms with van der Waals surface area (Å²) >= 11 is 0. The molecule has 0 heterocycles. The third-order valence-corrected chi connectivity index (χ3v) is 4.70. The Morgan fingerprint density at radius 3 is 1.90 bits per heavy atom. The number of nitrogens with zero attached hydrogens (tertiary/aromatic N) is 1. The summed E-state index contributed by atoms with van der Waals surface area (Å²) in [6.07, 6.45) is 0.563. The van der Waals surface area contributed by atoms with Gasteiger partial charge in [0.2, 0.25) is 16.4 Å². The summed E-state index contributed by atoms with van der Waals surface area (Å²) in [5, 5.41) is 2.49. The van der Waals surface area contributed by atoms with Gasteiger partial charge in [0.15, 0.2) is 0 Å². The molecule has 1 aromatic rings. The lowest BCUT2D eigenvalue weighted by Gasteiger charge is -2.25. The highest BCUT2D eigenvalue weighted by Gasteiger charge is 2.25. The van der Waals surface area contributed by atoms with Gasteiger partial charge in [0.25, 0.3) is 0 Å². The predicted octanol–water partition coefficient (Wildman–Crippen LogP) is 2.56. The van der Waals surface area contributed by atoms with Gasteiger partial charge in [0.1, 0.15) is 0 Å². The lowest BCUT2D eigenvalue weighted by atomic mass is 10.2. The molecule has 0 radical (unpaired) electrons. The summed E-state index contributed by atoms with van der Waals surface area (Å²) in [5.41, 5.74) is 0.572. The van der Waals surface area contributed by atoms with Crippen molar-refractivity contribution in [2.45, 2.75) is 32.6 Å². The van der Waals surface area contributed by atoms with Gasteiger partial charge in [-0.15, -0.1) is 0 Å². The summed E-state index contributed by atoms with van der Waals surface area (Å²) in [5.74, 6) is 0.518. The molecule has 118 valence electrons. The SMILES string of the molecule is CC(C)CN(CC(C)C)S(=O)(=O)c1ccc(NC=O)cc1. The zero-order valence-electron chi connectivity index (χ0n) is 13.0. The van der Waals surface area contributed by atoms with Crippen LogP contribution >= 0.6 is 0 Å². The summed E-state index contributed by atoms with van der Waals surface area (Å²) in [4.78, 5) is 10.6. The van der Waals surface area contributed by atoms with Crippen LogP contribution in [0, 0.1) is 11.8 Å². The molecule has 6 heteroatoms. The van der Waals surface area contributed by atoms with Crippen molar-refractivity contribution < 1.29 is 13.2 Å². The maximum absolute atomic E-state index is 12.7. The van der Waals surface area contributed by atoms with Crippen LogP contribution in [0.15, 0.2) is 29.2 Å². The summed E-state index contributed by atoms with van der Waals surface area (Å²) in [6, 6.07) is 6.22. The Labute approximate surface area is 127 Å². The van der Waals surface area contributed by atoms with Gasteiger partial charge in [-0.1, -0.05) is 27.7 Å². The molecular formula is C15H24N2O3S. The second kappa shape index (κ2) is 7.56. The van der Waals surface area contributed by atoms with Crippen LogP contribution in [0.4, 0.5) is 5.69 Å². The van der Waals surface area contributed by atoms with Gasteiger partial charge >= 0.3 is 0 Å². The smallest absolute Gasteiger partial charge is 0.243 e. The van der Waals surface area contributed by atoms with Crippen LogP contribution in [0.2, 0.25) is 0 Å². The molecule has 5 nitrogen and oxygen atoms in total. The number of benzene rings is 1. The molecule has 0 fully saturated rings. The third kappa shape index (κ3) is 5.13. The van der Waals surface area contributed by atoms with E-state index in [9.17, 15) is 13.2 Å². The number of nitrogens with one attached hydrogen (secondary N) is 1. The molecular weight excluding hydrogens is 288 g/mol. The Hall–Kier alpha value is -1.40. The van der Waals surface area contributed by atoms with Crippen LogP contribution < -0.4 is 5.32 Å². The van der Waals surface area contributed by atoms with E-state index in [1.807, 2.05) is 27.7 Å². The van der Waals surface area contributed by atoms with Gasteiger partial charge in [0.05, 0.1) is 4.90 Å². The molecule has 0 aliphatic carbocycles. The van der Waals surface area contributed by atoms with E-state index < -0.39 is 10.0 Å². The highest BCUT2D eigenvalue weighted by Crippen LogP contribution is 2.20. The molecule has 0 saturated carbocycles. The Morgan fingerprint density at radius 1 is 1.05 bits per heavy atom. The summed E-state index contributed by atoms with van der Waals surface area (Å²) in [7, 11) is -3.51. The highest BCUT2D eigenvalue weighted by molar-refractivity contribution is 7.89. The average Bonchev–Trinajstić information content (AvgIpc) is 2.38. The van der Waals surface area contributed by atoms with Gasteiger partial charge in [-0.05, 0) is 36.1 Å². The maximum Gasteiger partial charge on any atom is 0.243 e. The Morgan fingerprint density at radius 2 is 1.52 bits per heavy atom. The van der Waals surface area contributed by atoms with Crippen molar-refractivity contribution in [3.63, 3.8) is 0 Å². The Bertz CT molecular complexity index is 541. The number of carbonyl (C=O) groups excluding carboxylic acids is 1. The normalized spacial score (nSPS) is 12.1. The number of anilines is 1. The molecule has 0 unspecified atom stereocenters. The highest BCUT2D eigenvalue weighted by atomic mass is 32.2. The van der Waals surface area contributed by atoms with Crippen molar-refractivity contribution >= 4 is 22.1 Å². The Balaban J connectivity index is 3.06. The van der Waals surface area contributed by atoms with Crippen molar-refractivity contribution in [2.24, 2.45) is 11.8 Å². The molecule has 21 heavy (non-hydrogen) atoms. The maximum atomic E-state index is 12.7. The minimum atomic E-state index is -3.51. The van der Waals surface area contributed by atoms with E-state index in [0.29, 0.717) is 25.2 Å². The minimum Gasteiger partial charge on any atom is -0.329 e. The molecule has 0 aromatic heterocycles. The molecule has 0 aliphatic heterocycles. The second-order valence-corrected chi connectivity index (χ2v) is 7.83. The van der Waals surface area contributed by atoms with E-state index in [2.05, 4.69) is 5.32 Å². The fourth-order valence-corrected chi connectivity index (χ4v) is 3.79. The standard InChI is InChI=1S/C15H24N2O3S/c1-12(2)9-17(10-13(3)4)21(19,20)15-7-5-14(6-8-15)16-11-18/h5-8,11-13H,9-10H2,1-4H3,(H,16,18). The van der Waals surface area contributed by atoms with Gasteiger partial charge in [-0.25, -0.2) is 8.42 Å². The number of sulfonamides is 1. The van der Waals surface area contributed by atoms with E-state index in [0.717, 1.165) is 0 Å². The number of rotatable bonds is 8. The van der Waals surface area contributed by atoms with Crippen molar-refractivity contribution in [3.05, 3.63) is 24.3 Å². The predicted molar refractivity (Wildman–Crippen MR) is 84.6 cm³/mol. The molecule has 0 bridgehead atoms. The molecule has 0 spiro atoms. The van der Waals surface area contributed by atoms with E-state index >= 15 is 0 Å². The number of carbonyl (C=O) groups is 1. The van der Waals surface area contributed by atoms with Gasteiger partial charge in [0, 0.05) is 18.8 Å². The monoisotopic (exact) mass is 312 g/mol. The molecule has 1 N–H and O–H groups in total. The van der Waals surface area contributed by atoms with E-state index in [1.165, 1.54) is 16.4 Å². The van der Waals surface area contributed by atoms with Crippen LogP contribution in [0.1, 0.15) is 27.7 Å². The molecule has 0 aliphatic rings. The lowest BCUT2D eigenvalue weighted by Crippen LogP contribution is -2.37. The second-order valence-electron chi connectivity index (χ2n) is 5.90. The third-order valence-electron chi connectivity index (χ3n) is 2.86. The number of hydrogen-bond acceptors (Lipinski definition) is 3. The molecule has 1 amide bonds. The first-order chi connectivity index (χ1) is 9.77. The van der Waals surface area contributed by atoms with E-state index in [1.54, 1.807) is 12.1 Å². The van der Waals surface area contributed by atoms with Crippen LogP contribution in [-0.2, 0) is 14.8 Å². The van der Waals surface area contributed by atoms with Crippen molar-refractivity contribution in [1.82, 2.24) is 4.31 Å². The van der Waals surface area contributed by atoms with Gasteiger partial charge in [-0.3, -0.25) is 4.79 Å². The quantitative estimate of drug-likeness (QED) is 0.750. The molecule has 0 atom stereocenters. The largest absolute Gasteiger partial charge is 0.329 e. The van der Waals surface area contributed by atoms with Crippen LogP contribution in [-0.4, -0.2) is 32.2 Å². The topological polar surface area (TPSA) is 66.5 Å². The summed E-state index contributed by atoms with van der Waals surface area (Å²) in [6.45, 7) is 8.99. The van der Waals surface area contributed by atoms with E-state index in [4.69, 9.17) is 0 Å². The minimum absolute atomic E-state index is 0.250. The fraction of sp³-hybridized carbons (Fsp3) is 0.533. The zero-order valence-corrected chi connectivity index (χ0v) is 13.9. The van der Waals surface area contributed by atoms with Crippen LogP contribution in [0.5, 0.6) is 0 Å². The zero-order chi connectivity index (χ0) is 16.0. The lowest BCUT2D eigenvalue weighted by molar-refractivity contribution is -0.105. The number of hydrogen-bond donors (Lipinski definition) is 1. The molecule has 0 saturated heterocycles. The van der Waals surface area contributed by atoms with Crippen molar-refractivity contribution in [3.8, 4) is 0 Å². The van der Waals surface area contributed by atoms with Gasteiger partial charge < -0.3 is 5.32 Å². The van der Waals surface area contributed by atoms with Crippen LogP contribution in [0.25, 0.3) is 0 Å². The number of amides is 1. The Kier molecular flexibility index (Phi) is 6.36. The van der Waals surface area contributed by atoms with E-state index in [-0.39, 0.29) is 16.7 Å². The molecule has 1 rings (SSSR count). The van der Waals surface area contributed by atoms with Crippen LogP contribution in [0.3, 0.4) is 0 Å². The van der Waals surface area contributed by atoms with Gasteiger partial charge in [-0.2, -0.15) is 4.31 Å². The summed E-state index contributed by atoms with van der Waals surface area (Å²) < 4.78 is 26.9. The first-order valence-corrected chi connectivity index (χ1v) is 8.51. The average molecular weight is 312 g/mol. The first kappa shape index (κ1) is 17.7. The van der Waals surface area contributed by atoms with Crippen molar-refractivity contribution in [2.75, 3.05) is 18.4 Å². The molecule has 1 aromatic carbocycles.